The van der Waals surface area contributed by atoms with Crippen molar-refractivity contribution in [1.29, 1.82) is 0 Å². The Morgan fingerprint density at radius 3 is 2.81 bits per heavy atom. The van der Waals surface area contributed by atoms with Crippen molar-refractivity contribution in [2.75, 3.05) is 13.1 Å². The average Bonchev–Trinajstić information content (AvgIpc) is 2.44. The minimum absolute atomic E-state index is 0.0778. The van der Waals surface area contributed by atoms with E-state index in [2.05, 4.69) is 0 Å². The Bertz CT molecular complexity index is 524. The Kier molecular flexibility index (Phi) is 5.36. The van der Waals surface area contributed by atoms with Gasteiger partial charge in [-0.1, -0.05) is 30.1 Å². The number of carbonyl (C=O) groups is 1. The van der Waals surface area contributed by atoms with Gasteiger partial charge in [-0.05, 0) is 37.5 Å². The van der Waals surface area contributed by atoms with Gasteiger partial charge in [0.1, 0.15) is 5.75 Å². The van der Waals surface area contributed by atoms with Crippen molar-refractivity contribution < 1.29 is 14.6 Å². The average molecular weight is 332 g/mol. The number of benzene rings is 1. The minimum atomic E-state index is -0.633. The number of aliphatic hydroxyl groups is 1. The molecule has 1 aromatic carbocycles. The predicted octanol–water partition coefficient (Wildman–Crippen LogP) is 2.99. The second-order valence-electron chi connectivity index (χ2n) is 5.45. The first kappa shape index (κ1) is 16.4. The summed E-state index contributed by atoms with van der Waals surface area (Å²) in [6.45, 7) is 4.73. The van der Waals surface area contributed by atoms with Crippen molar-refractivity contribution in [3.8, 4) is 5.75 Å². The highest BCUT2D eigenvalue weighted by Gasteiger charge is 2.30. The number of halogens is 2. The van der Waals surface area contributed by atoms with Crippen molar-refractivity contribution in [3.63, 3.8) is 0 Å². The molecule has 3 atom stereocenters. The molecule has 1 amide bonds. The molecule has 1 aliphatic rings. The van der Waals surface area contributed by atoms with Gasteiger partial charge in [-0.3, -0.25) is 4.79 Å². The van der Waals surface area contributed by atoms with Crippen molar-refractivity contribution in [3.05, 3.63) is 28.2 Å². The van der Waals surface area contributed by atoms with Gasteiger partial charge in [-0.15, -0.1) is 0 Å². The Balaban J connectivity index is 1.99. The summed E-state index contributed by atoms with van der Waals surface area (Å²) >= 11 is 11.9. The fourth-order valence-electron chi connectivity index (χ4n) is 2.40. The molecule has 1 fully saturated rings. The molecule has 0 aliphatic carbocycles. The minimum Gasteiger partial charge on any atom is -0.479 e. The molecular formula is C15H19Cl2NO3. The van der Waals surface area contributed by atoms with E-state index in [0.717, 1.165) is 0 Å². The summed E-state index contributed by atoms with van der Waals surface area (Å²) in [6.07, 6.45) is -0.372. The molecule has 0 spiro atoms. The number of piperidine rings is 1. The third-order valence-electron chi connectivity index (χ3n) is 3.72. The fraction of sp³-hybridized carbons (Fsp3) is 0.533. The number of amides is 1. The summed E-state index contributed by atoms with van der Waals surface area (Å²) in [5.41, 5.74) is 0. The molecule has 1 N–H and O–H groups in total. The van der Waals surface area contributed by atoms with Crippen LogP contribution in [0.1, 0.15) is 20.3 Å². The molecule has 1 aromatic rings. The molecule has 0 saturated carbocycles. The summed E-state index contributed by atoms with van der Waals surface area (Å²) in [5, 5.41) is 10.6. The van der Waals surface area contributed by atoms with Crippen molar-refractivity contribution in [2.24, 2.45) is 5.92 Å². The summed E-state index contributed by atoms with van der Waals surface area (Å²) in [6, 6.07) is 4.89. The van der Waals surface area contributed by atoms with Crippen LogP contribution in [0.5, 0.6) is 5.75 Å². The van der Waals surface area contributed by atoms with Crippen LogP contribution in [0.15, 0.2) is 18.2 Å². The predicted molar refractivity (Wildman–Crippen MR) is 82.9 cm³/mol. The van der Waals surface area contributed by atoms with Crippen molar-refractivity contribution in [1.82, 2.24) is 4.90 Å². The maximum absolute atomic E-state index is 12.4. The first-order valence-corrected chi connectivity index (χ1v) is 7.72. The number of hydrogen-bond donors (Lipinski definition) is 1. The van der Waals surface area contributed by atoms with Gasteiger partial charge < -0.3 is 14.7 Å². The Hall–Kier alpha value is -0.970. The molecule has 6 heteroatoms. The van der Waals surface area contributed by atoms with Crippen LogP contribution in [-0.2, 0) is 4.79 Å². The Morgan fingerprint density at radius 1 is 1.48 bits per heavy atom. The Morgan fingerprint density at radius 2 is 2.19 bits per heavy atom. The lowest BCUT2D eigenvalue weighted by Gasteiger charge is -2.35. The lowest BCUT2D eigenvalue weighted by molar-refractivity contribution is -0.141. The molecule has 1 aliphatic heterocycles. The van der Waals surface area contributed by atoms with E-state index < -0.39 is 6.10 Å². The van der Waals surface area contributed by atoms with E-state index in [9.17, 15) is 9.90 Å². The first-order chi connectivity index (χ1) is 9.88. The van der Waals surface area contributed by atoms with E-state index in [1.54, 1.807) is 30.0 Å². The van der Waals surface area contributed by atoms with Gasteiger partial charge in [0.25, 0.3) is 5.91 Å². The van der Waals surface area contributed by atoms with Gasteiger partial charge >= 0.3 is 0 Å². The maximum atomic E-state index is 12.4. The van der Waals surface area contributed by atoms with Crippen LogP contribution in [-0.4, -0.2) is 41.2 Å². The Labute approximate surface area is 134 Å². The zero-order valence-electron chi connectivity index (χ0n) is 12.1. The highest BCUT2D eigenvalue weighted by atomic mass is 35.5. The normalized spacial score (nSPS) is 23.8. The summed E-state index contributed by atoms with van der Waals surface area (Å²) in [4.78, 5) is 14.1. The quantitative estimate of drug-likeness (QED) is 0.926. The van der Waals surface area contributed by atoms with E-state index in [0.29, 0.717) is 35.3 Å². The molecule has 116 valence electrons. The highest BCUT2D eigenvalue weighted by molar-refractivity contribution is 6.35. The van der Waals surface area contributed by atoms with Gasteiger partial charge in [0.05, 0.1) is 11.1 Å². The largest absolute Gasteiger partial charge is 0.479 e. The van der Waals surface area contributed by atoms with E-state index in [4.69, 9.17) is 27.9 Å². The zero-order chi connectivity index (χ0) is 15.6. The van der Waals surface area contributed by atoms with Crippen LogP contribution in [0.2, 0.25) is 10.0 Å². The van der Waals surface area contributed by atoms with Gasteiger partial charge in [0.15, 0.2) is 6.10 Å². The van der Waals surface area contributed by atoms with Gasteiger partial charge in [-0.25, -0.2) is 0 Å². The van der Waals surface area contributed by atoms with E-state index in [1.807, 2.05) is 6.92 Å². The summed E-state index contributed by atoms with van der Waals surface area (Å²) in [7, 11) is 0. The number of aliphatic hydroxyl groups excluding tert-OH is 1. The number of rotatable bonds is 3. The van der Waals surface area contributed by atoms with E-state index in [1.165, 1.54) is 0 Å². The summed E-state index contributed by atoms with van der Waals surface area (Å²) in [5.74, 6) is 0.417. The number of nitrogens with zero attached hydrogens (tertiary/aromatic N) is 1. The van der Waals surface area contributed by atoms with E-state index in [-0.39, 0.29) is 17.9 Å². The van der Waals surface area contributed by atoms with Gasteiger partial charge in [0.2, 0.25) is 0 Å². The molecule has 0 aromatic heterocycles. The lowest BCUT2D eigenvalue weighted by atomic mass is 9.96. The highest BCUT2D eigenvalue weighted by Crippen LogP contribution is 2.28. The molecule has 1 saturated heterocycles. The number of ether oxygens (including phenoxy) is 1. The second kappa shape index (κ2) is 6.86. The van der Waals surface area contributed by atoms with Gasteiger partial charge in [-0.2, -0.15) is 0 Å². The lowest BCUT2D eigenvalue weighted by Crippen LogP contribution is -2.49. The van der Waals surface area contributed by atoms with Crippen LogP contribution in [0.25, 0.3) is 0 Å². The topological polar surface area (TPSA) is 49.8 Å². The monoisotopic (exact) mass is 331 g/mol. The van der Waals surface area contributed by atoms with Crippen molar-refractivity contribution >= 4 is 29.1 Å². The second-order valence-corrected chi connectivity index (χ2v) is 6.30. The standard InChI is InChI=1S/C15H19Cl2NO3/c1-9-8-18(6-5-13(9)19)15(20)10(2)21-14-4-3-11(16)7-12(14)17/h3-4,7,9-10,13,19H,5-6,8H2,1-2H3. The SMILES string of the molecule is CC(Oc1ccc(Cl)cc1Cl)C(=O)N1CCC(O)C(C)C1. The number of carbonyl (C=O) groups excluding carboxylic acids is 1. The first-order valence-electron chi connectivity index (χ1n) is 6.97. The third-order valence-corrected chi connectivity index (χ3v) is 4.25. The molecule has 0 radical (unpaired) electrons. The molecule has 1 heterocycles. The van der Waals surface area contributed by atoms with Crippen LogP contribution < -0.4 is 4.74 Å². The van der Waals surface area contributed by atoms with Crippen LogP contribution >= 0.6 is 23.2 Å². The molecular weight excluding hydrogens is 313 g/mol. The fourth-order valence-corrected chi connectivity index (χ4v) is 2.86. The van der Waals surface area contributed by atoms with E-state index >= 15 is 0 Å². The molecule has 0 bridgehead atoms. The third kappa shape index (κ3) is 4.02. The van der Waals surface area contributed by atoms with Crippen LogP contribution in [0.4, 0.5) is 0 Å². The summed E-state index contributed by atoms with van der Waals surface area (Å²) < 4.78 is 5.63. The maximum Gasteiger partial charge on any atom is 0.263 e. The number of likely N-dealkylation sites (tertiary alicyclic amines) is 1. The molecule has 2 rings (SSSR count). The number of hydrogen-bond acceptors (Lipinski definition) is 3. The smallest absolute Gasteiger partial charge is 0.263 e. The zero-order valence-corrected chi connectivity index (χ0v) is 13.6. The van der Waals surface area contributed by atoms with Crippen molar-refractivity contribution in [2.45, 2.75) is 32.5 Å². The van der Waals surface area contributed by atoms with Crippen LogP contribution in [0.3, 0.4) is 0 Å². The van der Waals surface area contributed by atoms with Crippen LogP contribution in [0, 0.1) is 5.92 Å². The molecule has 3 unspecified atom stereocenters. The van der Waals surface area contributed by atoms with Gasteiger partial charge in [0, 0.05) is 18.1 Å². The molecule has 21 heavy (non-hydrogen) atoms. The molecule has 4 nitrogen and oxygen atoms in total.